The van der Waals surface area contributed by atoms with Crippen molar-refractivity contribution in [3.8, 4) is 11.8 Å². The minimum atomic E-state index is -4.39. The van der Waals surface area contributed by atoms with E-state index in [1.54, 1.807) is 33.3 Å². The van der Waals surface area contributed by atoms with Crippen LogP contribution < -0.4 is 10.6 Å². The predicted molar refractivity (Wildman–Crippen MR) is 126 cm³/mol. The van der Waals surface area contributed by atoms with Gasteiger partial charge in [-0.25, -0.2) is 0 Å². The van der Waals surface area contributed by atoms with Crippen LogP contribution in [0.5, 0.6) is 0 Å². The topological polar surface area (TPSA) is 56.7 Å². The first kappa shape index (κ1) is 26.3. The van der Waals surface area contributed by atoms with Gasteiger partial charge in [0.15, 0.2) is 5.96 Å². The summed E-state index contributed by atoms with van der Waals surface area (Å²) in [6.45, 7) is 0.698. The van der Waals surface area contributed by atoms with E-state index in [4.69, 9.17) is 0 Å². The lowest BCUT2D eigenvalue weighted by Gasteiger charge is -2.12. The second-order valence-electron chi connectivity index (χ2n) is 6.56. The van der Waals surface area contributed by atoms with Crippen molar-refractivity contribution < 1.29 is 18.0 Å². The number of nitrogens with zero attached hydrogens (tertiary/aromatic N) is 2. The Kier molecular flexibility index (Phi) is 10.3. The fraction of sp³-hybridized carbons (Fsp3) is 0.273. The van der Waals surface area contributed by atoms with Crippen LogP contribution in [0.4, 0.5) is 13.2 Å². The molecule has 0 aliphatic heterocycles. The summed E-state index contributed by atoms with van der Waals surface area (Å²) in [6.07, 6.45) is -4.39. The molecule has 0 aliphatic rings. The molecule has 5 nitrogen and oxygen atoms in total. The van der Waals surface area contributed by atoms with Gasteiger partial charge in [-0.3, -0.25) is 9.79 Å². The molecule has 0 radical (unpaired) electrons. The number of rotatable bonds is 4. The summed E-state index contributed by atoms with van der Waals surface area (Å²) in [7, 11) is 5.00. The quantitative estimate of drug-likeness (QED) is 0.267. The van der Waals surface area contributed by atoms with Crippen LogP contribution in [0.2, 0.25) is 0 Å². The number of guanidine groups is 1. The minimum absolute atomic E-state index is 0. The Bertz CT molecular complexity index is 961. The highest BCUT2D eigenvalue weighted by Gasteiger charge is 2.30. The Morgan fingerprint density at radius 2 is 1.77 bits per heavy atom. The van der Waals surface area contributed by atoms with Crippen molar-refractivity contribution in [1.29, 1.82) is 0 Å². The van der Waals surface area contributed by atoms with Crippen molar-refractivity contribution in [2.75, 3.05) is 27.7 Å². The molecule has 0 aromatic heterocycles. The summed E-state index contributed by atoms with van der Waals surface area (Å²) < 4.78 is 38.2. The fourth-order valence-electron chi connectivity index (χ4n) is 2.48. The third-order valence-corrected chi connectivity index (χ3v) is 4.06. The average Bonchev–Trinajstić information content (AvgIpc) is 2.72. The first-order chi connectivity index (χ1) is 14.2. The lowest BCUT2D eigenvalue weighted by Crippen LogP contribution is -2.36. The number of halogens is 4. The zero-order chi connectivity index (χ0) is 22.1. The molecule has 0 bridgehead atoms. The number of amides is 1. The molecule has 0 saturated carbocycles. The van der Waals surface area contributed by atoms with Gasteiger partial charge in [0.25, 0.3) is 5.91 Å². The van der Waals surface area contributed by atoms with Gasteiger partial charge < -0.3 is 15.5 Å². The van der Waals surface area contributed by atoms with Gasteiger partial charge >= 0.3 is 6.18 Å². The van der Waals surface area contributed by atoms with Gasteiger partial charge in [-0.2, -0.15) is 13.2 Å². The maximum absolute atomic E-state index is 12.7. The Morgan fingerprint density at radius 3 is 2.35 bits per heavy atom. The zero-order valence-electron chi connectivity index (χ0n) is 17.4. The highest BCUT2D eigenvalue weighted by molar-refractivity contribution is 14.0. The summed E-state index contributed by atoms with van der Waals surface area (Å²) >= 11 is 0. The van der Waals surface area contributed by atoms with Crippen LogP contribution in [-0.4, -0.2) is 44.5 Å². The second-order valence-corrected chi connectivity index (χ2v) is 6.56. The molecule has 2 N–H and O–H groups in total. The molecule has 0 atom stereocenters. The summed E-state index contributed by atoms with van der Waals surface area (Å²) in [5, 5.41) is 6.09. The lowest BCUT2D eigenvalue weighted by molar-refractivity contribution is -0.137. The van der Waals surface area contributed by atoms with Gasteiger partial charge in [0, 0.05) is 38.8 Å². The first-order valence-corrected chi connectivity index (χ1v) is 9.12. The van der Waals surface area contributed by atoms with Crippen molar-refractivity contribution in [3.63, 3.8) is 0 Å². The number of aliphatic imine (C=N–C) groups is 1. The number of alkyl halides is 3. The van der Waals surface area contributed by atoms with E-state index in [1.165, 1.54) is 17.0 Å². The molecule has 0 saturated heterocycles. The molecule has 2 aromatic rings. The van der Waals surface area contributed by atoms with Crippen LogP contribution in [0.15, 0.2) is 53.5 Å². The van der Waals surface area contributed by atoms with Crippen molar-refractivity contribution >= 4 is 35.8 Å². The number of hydrogen-bond acceptors (Lipinski definition) is 2. The largest absolute Gasteiger partial charge is 0.416 e. The van der Waals surface area contributed by atoms with E-state index in [2.05, 4.69) is 27.5 Å². The van der Waals surface area contributed by atoms with Crippen molar-refractivity contribution in [3.05, 3.63) is 70.8 Å². The third kappa shape index (κ3) is 8.49. The lowest BCUT2D eigenvalue weighted by atomic mass is 10.1. The Hall–Kier alpha value is -2.74. The SMILES string of the molecule is CN=C(NCC#Cc1cccc(C(F)(F)F)c1)NCc1ccc(C(=O)N(C)C)cc1.I. The molecule has 31 heavy (non-hydrogen) atoms. The van der Waals surface area contributed by atoms with Crippen LogP contribution in [0.1, 0.15) is 27.0 Å². The normalized spacial score (nSPS) is 11.0. The number of hydrogen-bond donors (Lipinski definition) is 2. The maximum Gasteiger partial charge on any atom is 0.416 e. The van der Waals surface area contributed by atoms with Crippen LogP contribution in [-0.2, 0) is 12.7 Å². The third-order valence-electron chi connectivity index (χ3n) is 4.06. The zero-order valence-corrected chi connectivity index (χ0v) is 19.7. The molecule has 0 aliphatic carbocycles. The van der Waals surface area contributed by atoms with E-state index >= 15 is 0 Å². The second kappa shape index (κ2) is 12.2. The van der Waals surface area contributed by atoms with E-state index < -0.39 is 11.7 Å². The molecule has 2 aromatic carbocycles. The average molecular weight is 544 g/mol. The summed E-state index contributed by atoms with van der Waals surface area (Å²) in [6, 6.07) is 12.1. The molecule has 0 fully saturated rings. The number of benzene rings is 2. The van der Waals surface area contributed by atoms with Gasteiger partial charge in [-0.15, -0.1) is 24.0 Å². The highest BCUT2D eigenvalue weighted by Crippen LogP contribution is 2.29. The number of nitrogens with one attached hydrogen (secondary N) is 2. The molecule has 0 unspecified atom stereocenters. The monoisotopic (exact) mass is 544 g/mol. The van der Waals surface area contributed by atoms with E-state index in [0.717, 1.165) is 17.7 Å². The van der Waals surface area contributed by atoms with Crippen LogP contribution in [0, 0.1) is 11.8 Å². The molecule has 9 heteroatoms. The van der Waals surface area contributed by atoms with Crippen molar-refractivity contribution in [1.82, 2.24) is 15.5 Å². The van der Waals surface area contributed by atoms with Gasteiger partial charge in [-0.1, -0.05) is 30.0 Å². The summed E-state index contributed by atoms with van der Waals surface area (Å²) in [4.78, 5) is 17.5. The number of carbonyl (C=O) groups is 1. The molecule has 1 amide bonds. The van der Waals surface area contributed by atoms with E-state index in [-0.39, 0.29) is 36.4 Å². The molecule has 166 valence electrons. The van der Waals surface area contributed by atoms with Gasteiger partial charge in [0.1, 0.15) is 0 Å². The highest BCUT2D eigenvalue weighted by atomic mass is 127. The Morgan fingerprint density at radius 1 is 1.10 bits per heavy atom. The van der Waals surface area contributed by atoms with Crippen LogP contribution >= 0.6 is 24.0 Å². The Balaban J connectivity index is 0.00000480. The van der Waals surface area contributed by atoms with E-state index in [0.29, 0.717) is 23.6 Å². The van der Waals surface area contributed by atoms with Crippen molar-refractivity contribution in [2.45, 2.75) is 12.7 Å². The van der Waals surface area contributed by atoms with Gasteiger partial charge in [0.2, 0.25) is 0 Å². The molecular weight excluding hydrogens is 520 g/mol. The Labute approximate surface area is 197 Å². The smallest absolute Gasteiger partial charge is 0.352 e. The molecule has 0 heterocycles. The number of carbonyl (C=O) groups excluding carboxylic acids is 1. The van der Waals surface area contributed by atoms with E-state index in [9.17, 15) is 18.0 Å². The summed E-state index contributed by atoms with van der Waals surface area (Å²) in [5.74, 6) is 5.93. The van der Waals surface area contributed by atoms with Crippen molar-refractivity contribution in [2.24, 2.45) is 4.99 Å². The van der Waals surface area contributed by atoms with Gasteiger partial charge in [0.05, 0.1) is 12.1 Å². The fourth-order valence-corrected chi connectivity index (χ4v) is 2.48. The minimum Gasteiger partial charge on any atom is -0.352 e. The maximum atomic E-state index is 12.7. The van der Waals surface area contributed by atoms with Crippen LogP contribution in [0.3, 0.4) is 0 Å². The predicted octanol–water partition coefficient (Wildman–Crippen LogP) is 3.74. The summed E-state index contributed by atoms with van der Waals surface area (Å²) in [5.41, 5.74) is 1.14. The van der Waals surface area contributed by atoms with E-state index in [1.807, 2.05) is 12.1 Å². The van der Waals surface area contributed by atoms with Gasteiger partial charge in [-0.05, 0) is 35.9 Å². The van der Waals surface area contributed by atoms with Crippen LogP contribution in [0.25, 0.3) is 0 Å². The molecule has 0 spiro atoms. The first-order valence-electron chi connectivity index (χ1n) is 9.12. The molecule has 2 rings (SSSR count). The molecular formula is C22H24F3IN4O. The standard InChI is InChI=1S/C22H23F3N4O.HI/c1-26-21(28-15-17-9-11-18(12-10-17)20(30)29(2)3)27-13-5-7-16-6-4-8-19(14-16)22(23,24)25;/h4,6,8-12,14H,13,15H2,1-3H3,(H2,26,27,28);1H.